The van der Waals surface area contributed by atoms with E-state index < -0.39 is 5.41 Å². The van der Waals surface area contributed by atoms with E-state index in [0.29, 0.717) is 62.1 Å². The summed E-state index contributed by atoms with van der Waals surface area (Å²) in [5, 5.41) is 27.5. The lowest BCUT2D eigenvalue weighted by Gasteiger charge is -2.49. The van der Waals surface area contributed by atoms with Gasteiger partial charge in [-0.25, -0.2) is 4.98 Å². The fourth-order valence-corrected chi connectivity index (χ4v) is 6.67. The first-order chi connectivity index (χ1) is 19.3. The van der Waals surface area contributed by atoms with Crippen LogP contribution in [0.4, 0.5) is 5.82 Å². The highest BCUT2D eigenvalue weighted by Crippen LogP contribution is 2.46. The van der Waals surface area contributed by atoms with Crippen molar-refractivity contribution in [3.05, 3.63) is 17.5 Å². The number of aromatic nitrogens is 2. The van der Waals surface area contributed by atoms with Gasteiger partial charge in [0.2, 0.25) is 5.88 Å². The molecule has 3 heterocycles. The number of ether oxygens (including phenoxy) is 2. The van der Waals surface area contributed by atoms with Crippen molar-refractivity contribution in [3.63, 3.8) is 0 Å². The van der Waals surface area contributed by atoms with Gasteiger partial charge in [-0.05, 0) is 71.4 Å². The lowest BCUT2D eigenvalue weighted by atomic mass is 9.62. The number of aliphatic hydroxyl groups is 1. The number of Topliss-reactive ketones (excluding diaryl/α,β-unsaturated/α-hetero) is 1. The van der Waals surface area contributed by atoms with E-state index in [4.69, 9.17) is 19.9 Å². The van der Waals surface area contributed by atoms with Crippen LogP contribution in [0.3, 0.4) is 0 Å². The molecule has 2 aliphatic carbocycles. The van der Waals surface area contributed by atoms with Gasteiger partial charge in [-0.2, -0.15) is 4.98 Å². The number of hydrogen-bond acceptors (Lipinski definition) is 10. The molecule has 2 spiro atoms. The van der Waals surface area contributed by atoms with Crippen LogP contribution in [0.15, 0.2) is 11.6 Å². The fraction of sp³-hybridized carbons (Fsp3) is 0.733. The van der Waals surface area contributed by atoms with Gasteiger partial charge in [-0.15, -0.1) is 0 Å². The number of aliphatic hydroxyl groups excluding tert-OH is 1. The van der Waals surface area contributed by atoms with Crippen LogP contribution >= 0.6 is 0 Å². The maximum absolute atomic E-state index is 13.1. The smallest absolute Gasteiger partial charge is 0.219 e. The molecule has 0 bridgehead atoms. The fourth-order valence-electron chi connectivity index (χ4n) is 6.67. The van der Waals surface area contributed by atoms with Crippen LogP contribution in [0, 0.1) is 16.7 Å². The van der Waals surface area contributed by atoms with Gasteiger partial charge >= 0.3 is 0 Å². The molecule has 3 atom stereocenters. The third-order valence-corrected chi connectivity index (χ3v) is 9.44. The van der Waals surface area contributed by atoms with Crippen LogP contribution in [-0.2, 0) is 9.53 Å². The summed E-state index contributed by atoms with van der Waals surface area (Å²) in [7, 11) is 1.96. The second kappa shape index (κ2) is 12.1. The molecule has 4 aliphatic rings. The van der Waals surface area contributed by atoms with E-state index in [1.807, 2.05) is 13.1 Å². The van der Waals surface area contributed by atoms with Gasteiger partial charge in [0, 0.05) is 37.7 Å². The van der Waals surface area contributed by atoms with Crippen molar-refractivity contribution >= 4 is 23.1 Å². The maximum atomic E-state index is 13.1. The van der Waals surface area contributed by atoms with Crippen LogP contribution in [0.2, 0.25) is 0 Å². The first-order valence-electron chi connectivity index (χ1n) is 15.1. The zero-order valence-corrected chi connectivity index (χ0v) is 24.4. The average molecular weight is 555 g/mol. The minimum Gasteiger partial charge on any atom is -0.504 e. The van der Waals surface area contributed by atoms with Crippen molar-refractivity contribution in [1.29, 1.82) is 5.41 Å². The van der Waals surface area contributed by atoms with E-state index in [9.17, 15) is 9.90 Å². The van der Waals surface area contributed by atoms with E-state index in [0.717, 1.165) is 58.3 Å². The molecule has 2 saturated heterocycles. The van der Waals surface area contributed by atoms with Crippen molar-refractivity contribution in [2.24, 2.45) is 11.3 Å². The monoisotopic (exact) mass is 554 g/mol. The number of piperazine rings is 1. The Bertz CT molecular complexity index is 1130. The molecule has 2 saturated carbocycles. The summed E-state index contributed by atoms with van der Waals surface area (Å²) < 4.78 is 11.9. The molecule has 0 amide bonds. The van der Waals surface area contributed by atoms with Gasteiger partial charge < -0.3 is 35.5 Å². The van der Waals surface area contributed by atoms with Gasteiger partial charge in [-0.3, -0.25) is 4.79 Å². The van der Waals surface area contributed by atoms with E-state index in [2.05, 4.69) is 34.4 Å². The van der Waals surface area contributed by atoms with Gasteiger partial charge in [-0.1, -0.05) is 13.3 Å². The van der Waals surface area contributed by atoms with Crippen molar-refractivity contribution < 1.29 is 19.4 Å². The van der Waals surface area contributed by atoms with E-state index in [-0.39, 0.29) is 34.7 Å². The SMILES string of the molecule is CNCCC[C@H](C)[C@H](C)Oc1cc(N2CCNC3(COC3)C2)nc(/C(O)=C2\CCC[C@@]3(CCCCC3=O)C2=N)n1. The molecule has 10 nitrogen and oxygen atoms in total. The Balaban J connectivity index is 1.47. The van der Waals surface area contributed by atoms with Crippen LogP contribution in [-0.4, -0.2) is 84.7 Å². The summed E-state index contributed by atoms with van der Waals surface area (Å²) in [5.74, 6) is 1.65. The van der Waals surface area contributed by atoms with Gasteiger partial charge in [0.25, 0.3) is 0 Å². The van der Waals surface area contributed by atoms with Gasteiger partial charge in [0.05, 0.1) is 29.9 Å². The zero-order valence-electron chi connectivity index (χ0n) is 24.4. The predicted molar refractivity (Wildman–Crippen MR) is 155 cm³/mol. The summed E-state index contributed by atoms with van der Waals surface area (Å²) in [6.07, 6.45) is 7.01. The lowest BCUT2D eigenvalue weighted by molar-refractivity contribution is -0.128. The molecular formula is C30H46N6O4. The number of anilines is 1. The second-order valence-corrected chi connectivity index (χ2v) is 12.3. The molecular weight excluding hydrogens is 508 g/mol. The first-order valence-corrected chi connectivity index (χ1v) is 15.1. The minimum absolute atomic E-state index is 0.0762. The molecule has 220 valence electrons. The number of allylic oxidation sites excluding steroid dienone is 1. The van der Waals surface area contributed by atoms with E-state index in [1.165, 1.54) is 0 Å². The molecule has 40 heavy (non-hydrogen) atoms. The normalized spacial score (nSPS) is 27.4. The molecule has 0 aromatic carbocycles. The molecule has 2 aliphatic heterocycles. The Morgan fingerprint density at radius 2 is 2.05 bits per heavy atom. The van der Waals surface area contributed by atoms with Crippen molar-refractivity contribution in [2.75, 3.05) is 51.3 Å². The van der Waals surface area contributed by atoms with Crippen molar-refractivity contribution in [2.45, 2.75) is 83.3 Å². The molecule has 1 aromatic heterocycles. The third kappa shape index (κ3) is 5.76. The number of hydrogen-bond donors (Lipinski definition) is 4. The zero-order chi connectivity index (χ0) is 28.3. The van der Waals surface area contributed by atoms with E-state index >= 15 is 0 Å². The predicted octanol–water partition coefficient (Wildman–Crippen LogP) is 3.66. The van der Waals surface area contributed by atoms with Crippen molar-refractivity contribution in [1.82, 2.24) is 20.6 Å². The topological polar surface area (TPSA) is 133 Å². The molecule has 1 aromatic rings. The summed E-state index contributed by atoms with van der Waals surface area (Å²) >= 11 is 0. The summed E-state index contributed by atoms with van der Waals surface area (Å²) in [6, 6.07) is 1.87. The highest BCUT2D eigenvalue weighted by atomic mass is 16.5. The second-order valence-electron chi connectivity index (χ2n) is 12.3. The molecule has 5 rings (SSSR count). The van der Waals surface area contributed by atoms with Crippen LogP contribution in [0.25, 0.3) is 5.76 Å². The number of nitrogens with zero attached hydrogens (tertiary/aromatic N) is 3. The number of carbonyl (C=O) groups is 1. The Labute approximate surface area is 237 Å². The maximum Gasteiger partial charge on any atom is 0.219 e. The minimum atomic E-state index is -0.775. The third-order valence-electron chi connectivity index (χ3n) is 9.44. The highest BCUT2D eigenvalue weighted by Gasteiger charge is 2.47. The Hall–Kier alpha value is -2.56. The molecule has 4 fully saturated rings. The van der Waals surface area contributed by atoms with Gasteiger partial charge in [0.1, 0.15) is 17.7 Å². The Morgan fingerprint density at radius 3 is 2.77 bits per heavy atom. The number of ketones is 1. The number of rotatable bonds is 9. The quantitative estimate of drug-likeness (QED) is 0.267. The largest absolute Gasteiger partial charge is 0.504 e. The lowest BCUT2D eigenvalue weighted by Crippen LogP contribution is -2.70. The molecule has 0 radical (unpaired) electrons. The van der Waals surface area contributed by atoms with Crippen LogP contribution in [0.5, 0.6) is 5.88 Å². The number of carbonyl (C=O) groups excluding carboxylic acids is 1. The molecule has 0 unspecified atom stereocenters. The summed E-state index contributed by atoms with van der Waals surface area (Å²) in [6.45, 7) is 8.84. The van der Waals surface area contributed by atoms with Gasteiger partial charge in [0.15, 0.2) is 11.6 Å². The average Bonchev–Trinajstić information content (AvgIpc) is 2.94. The van der Waals surface area contributed by atoms with Crippen molar-refractivity contribution in [3.8, 4) is 5.88 Å². The summed E-state index contributed by atoms with van der Waals surface area (Å²) in [5.41, 5.74) is -0.0958. The van der Waals surface area contributed by atoms with Crippen LogP contribution < -0.4 is 20.3 Å². The standard InChI is InChI=1S/C30H46N6O4/c1-20(8-7-13-32-3)21(2)40-25-16-24(36-15-14-33-29(17-36)18-39-19-29)34-28(35-25)26(38)22-9-6-12-30(27(22)31)11-5-4-10-23(30)37/h16,20-21,31-33,38H,4-15,17-19H2,1-3H3/b26-22-,31-27?/t20-,21-,30+/m0/s1. The first kappa shape index (κ1) is 29.0. The summed E-state index contributed by atoms with van der Waals surface area (Å²) in [4.78, 5) is 24.8. The number of nitrogens with one attached hydrogen (secondary N) is 3. The highest BCUT2D eigenvalue weighted by molar-refractivity contribution is 6.18. The molecule has 4 N–H and O–H groups in total. The Kier molecular flexibility index (Phi) is 8.78. The van der Waals surface area contributed by atoms with E-state index in [1.54, 1.807) is 0 Å². The Morgan fingerprint density at radius 1 is 1.25 bits per heavy atom. The molecule has 10 heteroatoms. The van der Waals surface area contributed by atoms with Crippen LogP contribution in [0.1, 0.15) is 77.5 Å².